The summed E-state index contributed by atoms with van der Waals surface area (Å²) >= 11 is 0. The third-order valence-electron chi connectivity index (χ3n) is 4.68. The lowest BCUT2D eigenvalue weighted by Gasteiger charge is -2.39. The summed E-state index contributed by atoms with van der Waals surface area (Å²) in [5.41, 5.74) is 5.51. The van der Waals surface area contributed by atoms with E-state index in [-0.39, 0.29) is 5.91 Å². The fourth-order valence-corrected chi connectivity index (χ4v) is 3.53. The van der Waals surface area contributed by atoms with Gasteiger partial charge in [-0.25, -0.2) is 0 Å². The number of hydrogen-bond acceptors (Lipinski definition) is 4. The zero-order valence-electron chi connectivity index (χ0n) is 13.6. The van der Waals surface area contributed by atoms with E-state index in [4.69, 9.17) is 10.5 Å². The summed E-state index contributed by atoms with van der Waals surface area (Å²) < 4.78 is 5.40. The van der Waals surface area contributed by atoms with E-state index < -0.39 is 5.54 Å². The van der Waals surface area contributed by atoms with Gasteiger partial charge in [-0.15, -0.1) is 0 Å². The number of rotatable bonds is 5. The third kappa shape index (κ3) is 4.66. The maximum Gasteiger partial charge on any atom is 0.242 e. The molecule has 0 radical (unpaired) electrons. The molecule has 0 spiro atoms. The number of nitrogens with two attached hydrogens (primary N) is 1. The van der Waals surface area contributed by atoms with Crippen LogP contribution in [0.5, 0.6) is 0 Å². The van der Waals surface area contributed by atoms with Crippen LogP contribution in [0.2, 0.25) is 0 Å². The molecule has 0 aromatic carbocycles. The van der Waals surface area contributed by atoms with Crippen molar-refractivity contribution in [2.45, 2.75) is 45.1 Å². The first-order valence-electron chi connectivity index (χ1n) is 8.41. The first-order chi connectivity index (χ1) is 10.0. The Morgan fingerprint density at radius 1 is 1.33 bits per heavy atom. The maximum atomic E-state index is 12.6. The molecule has 2 rings (SSSR count). The second kappa shape index (κ2) is 7.56. The van der Waals surface area contributed by atoms with Crippen LogP contribution in [0.15, 0.2) is 0 Å². The van der Waals surface area contributed by atoms with Gasteiger partial charge in [-0.05, 0) is 32.1 Å². The Hall–Kier alpha value is -0.650. The van der Waals surface area contributed by atoms with Crippen molar-refractivity contribution >= 4 is 5.91 Å². The molecule has 1 amide bonds. The minimum Gasteiger partial charge on any atom is -0.379 e. The Labute approximate surface area is 128 Å². The minimum atomic E-state index is -0.699. The van der Waals surface area contributed by atoms with Crippen molar-refractivity contribution in [2.24, 2.45) is 11.7 Å². The van der Waals surface area contributed by atoms with Crippen molar-refractivity contribution < 1.29 is 9.53 Å². The maximum absolute atomic E-state index is 12.6. The molecule has 0 aromatic heterocycles. The molecule has 0 saturated carbocycles. The summed E-state index contributed by atoms with van der Waals surface area (Å²) in [5, 5.41) is 0. The van der Waals surface area contributed by atoms with Gasteiger partial charge in [0.1, 0.15) is 0 Å². The molecule has 2 saturated heterocycles. The number of carbonyl (C=O) groups is 1. The molecule has 2 heterocycles. The number of carbonyl (C=O) groups excluding carboxylic acids is 1. The lowest BCUT2D eigenvalue weighted by Crippen LogP contribution is -2.56. The van der Waals surface area contributed by atoms with E-state index in [1.807, 2.05) is 11.8 Å². The van der Waals surface area contributed by atoms with Crippen LogP contribution in [0.25, 0.3) is 0 Å². The van der Waals surface area contributed by atoms with Crippen molar-refractivity contribution in [2.75, 3.05) is 45.9 Å². The molecule has 5 nitrogen and oxygen atoms in total. The van der Waals surface area contributed by atoms with Crippen LogP contribution in [0.4, 0.5) is 0 Å². The van der Waals surface area contributed by atoms with Crippen LogP contribution in [0.3, 0.4) is 0 Å². The van der Waals surface area contributed by atoms with Crippen molar-refractivity contribution in [1.29, 1.82) is 0 Å². The lowest BCUT2D eigenvalue weighted by molar-refractivity contribution is -0.138. The Bertz CT molecular complexity index is 340. The Morgan fingerprint density at radius 3 is 2.71 bits per heavy atom. The number of amides is 1. The van der Waals surface area contributed by atoms with E-state index in [0.29, 0.717) is 5.92 Å². The second-order valence-corrected chi connectivity index (χ2v) is 6.84. The number of hydrogen-bond donors (Lipinski definition) is 1. The number of morpholine rings is 1. The minimum absolute atomic E-state index is 0.135. The van der Waals surface area contributed by atoms with E-state index in [1.165, 1.54) is 6.42 Å². The molecule has 2 fully saturated rings. The number of ether oxygens (including phenoxy) is 1. The Kier molecular flexibility index (Phi) is 6.02. The molecule has 0 aromatic rings. The van der Waals surface area contributed by atoms with Crippen molar-refractivity contribution in [3.05, 3.63) is 0 Å². The highest BCUT2D eigenvalue weighted by Gasteiger charge is 2.34. The molecule has 5 heteroatoms. The summed E-state index contributed by atoms with van der Waals surface area (Å²) in [5.74, 6) is 0.717. The van der Waals surface area contributed by atoms with E-state index in [9.17, 15) is 4.79 Å². The molecular formula is C16H31N3O2. The molecule has 2 atom stereocenters. The summed E-state index contributed by atoms with van der Waals surface area (Å²) in [4.78, 5) is 17.1. The van der Waals surface area contributed by atoms with Gasteiger partial charge in [0.2, 0.25) is 5.91 Å². The first-order valence-corrected chi connectivity index (χ1v) is 8.41. The molecular weight excluding hydrogens is 266 g/mol. The van der Waals surface area contributed by atoms with Crippen LogP contribution in [-0.2, 0) is 9.53 Å². The summed E-state index contributed by atoms with van der Waals surface area (Å²) in [6.45, 7) is 10.5. The average Bonchev–Trinajstić information content (AvgIpc) is 2.48. The zero-order chi connectivity index (χ0) is 15.3. The van der Waals surface area contributed by atoms with Crippen LogP contribution < -0.4 is 5.73 Å². The Morgan fingerprint density at radius 2 is 2.05 bits per heavy atom. The smallest absolute Gasteiger partial charge is 0.242 e. The zero-order valence-corrected chi connectivity index (χ0v) is 13.6. The molecule has 2 N–H and O–H groups in total. The standard InChI is InChI=1S/C16H31N3O2/c1-3-6-16(2,17)15(20)19-7-4-5-14(13-19)12-18-8-10-21-11-9-18/h14H,3-13,17H2,1-2H3. The predicted octanol–water partition coefficient (Wildman–Crippen LogP) is 1.07. The van der Waals surface area contributed by atoms with Crippen molar-refractivity contribution in [3.8, 4) is 0 Å². The first kappa shape index (κ1) is 16.7. The fraction of sp³-hybridized carbons (Fsp3) is 0.938. The number of likely N-dealkylation sites (tertiary alicyclic amines) is 1. The molecule has 2 aliphatic heterocycles. The van der Waals surface area contributed by atoms with Gasteiger partial charge in [0.25, 0.3) is 0 Å². The lowest BCUT2D eigenvalue weighted by atomic mass is 9.92. The van der Waals surface area contributed by atoms with Crippen LogP contribution >= 0.6 is 0 Å². The quantitative estimate of drug-likeness (QED) is 0.825. The summed E-state index contributed by atoms with van der Waals surface area (Å²) in [6.07, 6.45) is 4.03. The second-order valence-electron chi connectivity index (χ2n) is 6.84. The van der Waals surface area contributed by atoms with Crippen LogP contribution in [0.1, 0.15) is 39.5 Å². The number of piperidine rings is 1. The normalized spacial score (nSPS) is 27.4. The van der Waals surface area contributed by atoms with Crippen molar-refractivity contribution in [3.63, 3.8) is 0 Å². The molecule has 0 aliphatic carbocycles. The Balaban J connectivity index is 1.86. The van der Waals surface area contributed by atoms with Gasteiger partial charge in [0, 0.05) is 32.7 Å². The van der Waals surface area contributed by atoms with Gasteiger partial charge >= 0.3 is 0 Å². The van der Waals surface area contributed by atoms with Crippen molar-refractivity contribution in [1.82, 2.24) is 9.80 Å². The van der Waals surface area contributed by atoms with Gasteiger partial charge in [0.15, 0.2) is 0 Å². The largest absolute Gasteiger partial charge is 0.379 e. The van der Waals surface area contributed by atoms with Crippen LogP contribution in [-0.4, -0.2) is 67.2 Å². The van der Waals surface area contributed by atoms with Gasteiger partial charge < -0.3 is 15.4 Å². The SMILES string of the molecule is CCCC(C)(N)C(=O)N1CCCC(CN2CCOCC2)C1. The monoisotopic (exact) mass is 297 g/mol. The average molecular weight is 297 g/mol. The molecule has 21 heavy (non-hydrogen) atoms. The van der Waals surface area contributed by atoms with Gasteiger partial charge in [0.05, 0.1) is 18.8 Å². The highest BCUT2D eigenvalue weighted by atomic mass is 16.5. The van der Waals surface area contributed by atoms with Gasteiger partial charge in [-0.2, -0.15) is 0 Å². The summed E-state index contributed by atoms with van der Waals surface area (Å²) in [6, 6.07) is 0. The predicted molar refractivity (Wildman–Crippen MR) is 84.1 cm³/mol. The van der Waals surface area contributed by atoms with E-state index in [0.717, 1.165) is 65.2 Å². The molecule has 2 unspecified atom stereocenters. The van der Waals surface area contributed by atoms with E-state index >= 15 is 0 Å². The van der Waals surface area contributed by atoms with Gasteiger partial charge in [-0.1, -0.05) is 13.3 Å². The topological polar surface area (TPSA) is 58.8 Å². The molecule has 0 bridgehead atoms. The van der Waals surface area contributed by atoms with E-state index in [2.05, 4.69) is 11.8 Å². The molecule has 122 valence electrons. The fourth-order valence-electron chi connectivity index (χ4n) is 3.53. The summed E-state index contributed by atoms with van der Waals surface area (Å²) in [7, 11) is 0. The highest BCUT2D eigenvalue weighted by Crippen LogP contribution is 2.22. The number of nitrogens with zero attached hydrogens (tertiary/aromatic N) is 2. The van der Waals surface area contributed by atoms with Crippen LogP contribution in [0, 0.1) is 5.92 Å². The van der Waals surface area contributed by atoms with Gasteiger partial charge in [-0.3, -0.25) is 9.69 Å². The molecule has 2 aliphatic rings. The van der Waals surface area contributed by atoms with E-state index in [1.54, 1.807) is 0 Å². The highest BCUT2D eigenvalue weighted by molar-refractivity contribution is 5.85. The third-order valence-corrected chi connectivity index (χ3v) is 4.68.